The molecule has 0 radical (unpaired) electrons. The van der Waals surface area contributed by atoms with Gasteiger partial charge in [-0.1, -0.05) is 5.92 Å². The van der Waals surface area contributed by atoms with E-state index in [0.29, 0.717) is 0 Å². The summed E-state index contributed by atoms with van der Waals surface area (Å²) in [5.41, 5.74) is 0. The summed E-state index contributed by atoms with van der Waals surface area (Å²) in [5, 5.41) is 2.76. The fourth-order valence-electron chi connectivity index (χ4n) is 1.04. The van der Waals surface area contributed by atoms with Crippen molar-refractivity contribution in [3.05, 3.63) is 0 Å². The lowest BCUT2D eigenvalue weighted by atomic mass is 10.2. The fourth-order valence-corrected chi connectivity index (χ4v) is 1.04. The molecule has 1 unspecified atom stereocenters. The molecule has 1 aliphatic heterocycles. The maximum Gasteiger partial charge on any atom is 0.246 e. The van der Waals surface area contributed by atoms with Crippen LogP contribution in [0.25, 0.3) is 0 Å². The lowest BCUT2D eigenvalue weighted by molar-refractivity contribution is -0.147. The molecular formula is C8H10N2O2. The molecule has 64 valence electrons. The number of hydrogen-bond donors (Lipinski definition) is 1. The Balaban J connectivity index is 2.73. The van der Waals surface area contributed by atoms with Gasteiger partial charge in [0, 0.05) is 0 Å². The zero-order valence-corrected chi connectivity index (χ0v) is 6.83. The molecule has 0 saturated carbocycles. The zero-order valence-electron chi connectivity index (χ0n) is 6.83. The van der Waals surface area contributed by atoms with Crippen LogP contribution in [0.5, 0.6) is 0 Å². The second kappa shape index (κ2) is 3.37. The summed E-state index contributed by atoms with van der Waals surface area (Å²) in [6, 6.07) is -0.309. The van der Waals surface area contributed by atoms with Crippen LogP contribution in [-0.2, 0) is 9.59 Å². The Morgan fingerprint density at radius 3 is 3.00 bits per heavy atom. The molecule has 4 nitrogen and oxygen atoms in total. The number of imide groups is 1. The van der Waals surface area contributed by atoms with Crippen molar-refractivity contribution in [2.45, 2.75) is 13.0 Å². The van der Waals surface area contributed by atoms with Crippen LogP contribution in [-0.4, -0.2) is 35.8 Å². The number of nitrogens with one attached hydrogen (secondary N) is 1. The summed E-state index contributed by atoms with van der Waals surface area (Å²) in [4.78, 5) is 23.5. The molecule has 0 aliphatic carbocycles. The van der Waals surface area contributed by atoms with Gasteiger partial charge >= 0.3 is 0 Å². The molecule has 2 amide bonds. The predicted molar refractivity (Wildman–Crippen MR) is 43.0 cm³/mol. The Morgan fingerprint density at radius 2 is 2.42 bits per heavy atom. The SMILES string of the molecule is C#CCN1C(=O)CNC(C)C1=O. The van der Waals surface area contributed by atoms with E-state index in [2.05, 4.69) is 11.2 Å². The highest BCUT2D eigenvalue weighted by Gasteiger charge is 2.30. The molecule has 1 atom stereocenters. The van der Waals surface area contributed by atoms with E-state index < -0.39 is 0 Å². The van der Waals surface area contributed by atoms with Gasteiger partial charge in [-0.3, -0.25) is 19.8 Å². The van der Waals surface area contributed by atoms with Crippen LogP contribution < -0.4 is 5.32 Å². The maximum atomic E-state index is 11.3. The van der Waals surface area contributed by atoms with Crippen LogP contribution in [0.15, 0.2) is 0 Å². The van der Waals surface area contributed by atoms with Gasteiger partial charge in [-0.2, -0.15) is 0 Å². The molecule has 1 rings (SSSR count). The van der Waals surface area contributed by atoms with Crippen LogP contribution in [0.3, 0.4) is 0 Å². The predicted octanol–water partition coefficient (Wildman–Crippen LogP) is -1.03. The summed E-state index contributed by atoms with van der Waals surface area (Å²) in [6.07, 6.45) is 5.01. The molecule has 0 spiro atoms. The number of amides is 2. The van der Waals surface area contributed by atoms with Crippen molar-refractivity contribution in [3.8, 4) is 12.3 Å². The molecule has 1 saturated heterocycles. The summed E-state index contributed by atoms with van der Waals surface area (Å²) < 4.78 is 0. The van der Waals surface area contributed by atoms with Gasteiger partial charge in [0.05, 0.1) is 19.1 Å². The Kier molecular flexibility index (Phi) is 2.46. The van der Waals surface area contributed by atoms with Crippen LogP contribution >= 0.6 is 0 Å². The summed E-state index contributed by atoms with van der Waals surface area (Å²) in [6.45, 7) is 1.97. The molecular weight excluding hydrogens is 156 g/mol. The molecule has 0 aromatic rings. The molecule has 1 N–H and O–H groups in total. The Bertz CT molecular complexity index is 254. The van der Waals surface area contributed by atoms with Crippen molar-refractivity contribution in [3.63, 3.8) is 0 Å². The first-order chi connectivity index (χ1) is 5.66. The second-order valence-corrected chi connectivity index (χ2v) is 2.62. The number of terminal acetylenes is 1. The highest BCUT2D eigenvalue weighted by atomic mass is 16.2. The van der Waals surface area contributed by atoms with E-state index in [1.807, 2.05) is 0 Å². The largest absolute Gasteiger partial charge is 0.298 e. The number of nitrogens with zero attached hydrogens (tertiary/aromatic N) is 1. The number of hydrogen-bond acceptors (Lipinski definition) is 3. The van der Waals surface area contributed by atoms with Crippen molar-refractivity contribution in [1.82, 2.24) is 10.2 Å². The van der Waals surface area contributed by atoms with Gasteiger partial charge in [0.2, 0.25) is 11.8 Å². The Hall–Kier alpha value is -1.34. The molecule has 12 heavy (non-hydrogen) atoms. The molecule has 1 fully saturated rings. The highest BCUT2D eigenvalue weighted by molar-refractivity contribution is 6.01. The second-order valence-electron chi connectivity index (χ2n) is 2.62. The van der Waals surface area contributed by atoms with E-state index >= 15 is 0 Å². The van der Waals surface area contributed by atoms with E-state index in [-0.39, 0.29) is 30.9 Å². The van der Waals surface area contributed by atoms with Gasteiger partial charge in [0.25, 0.3) is 0 Å². The number of rotatable bonds is 1. The van der Waals surface area contributed by atoms with Gasteiger partial charge in [-0.15, -0.1) is 6.42 Å². The minimum absolute atomic E-state index is 0.0731. The molecule has 1 heterocycles. The van der Waals surface area contributed by atoms with Crippen molar-refractivity contribution < 1.29 is 9.59 Å². The third kappa shape index (κ3) is 1.46. The summed E-state index contributed by atoms with van der Waals surface area (Å²) in [5.74, 6) is 1.78. The van der Waals surface area contributed by atoms with Crippen molar-refractivity contribution in [2.24, 2.45) is 0 Å². The van der Waals surface area contributed by atoms with E-state index in [1.54, 1.807) is 6.92 Å². The normalized spacial score (nSPS) is 24.0. The molecule has 0 bridgehead atoms. The third-order valence-electron chi connectivity index (χ3n) is 1.75. The number of carbonyl (C=O) groups excluding carboxylic acids is 2. The number of piperazine rings is 1. The minimum atomic E-state index is -0.309. The average molecular weight is 166 g/mol. The first-order valence-corrected chi connectivity index (χ1v) is 3.68. The van der Waals surface area contributed by atoms with E-state index in [9.17, 15) is 9.59 Å². The molecule has 0 aromatic heterocycles. The van der Waals surface area contributed by atoms with Gasteiger partial charge in [-0.25, -0.2) is 0 Å². The standard InChI is InChI=1S/C8H10N2O2/c1-3-4-10-7(11)5-9-6(2)8(10)12/h1,6,9H,4-5H2,2H3. The Morgan fingerprint density at radius 1 is 1.75 bits per heavy atom. The van der Waals surface area contributed by atoms with Crippen LogP contribution in [0.1, 0.15) is 6.92 Å². The molecule has 0 aromatic carbocycles. The smallest absolute Gasteiger partial charge is 0.246 e. The fraction of sp³-hybridized carbons (Fsp3) is 0.500. The first kappa shape index (κ1) is 8.75. The van der Waals surface area contributed by atoms with Crippen LogP contribution in [0, 0.1) is 12.3 Å². The van der Waals surface area contributed by atoms with Gasteiger partial charge in [-0.05, 0) is 6.92 Å². The average Bonchev–Trinajstić information content (AvgIpc) is 2.06. The highest BCUT2D eigenvalue weighted by Crippen LogP contribution is 2.00. The molecule has 1 aliphatic rings. The lowest BCUT2D eigenvalue weighted by Gasteiger charge is -2.27. The van der Waals surface area contributed by atoms with Gasteiger partial charge in [0.1, 0.15) is 0 Å². The van der Waals surface area contributed by atoms with Crippen molar-refractivity contribution in [2.75, 3.05) is 13.1 Å². The summed E-state index contributed by atoms with van der Waals surface area (Å²) >= 11 is 0. The molecule has 4 heteroatoms. The van der Waals surface area contributed by atoms with Crippen molar-refractivity contribution >= 4 is 11.8 Å². The monoisotopic (exact) mass is 166 g/mol. The lowest BCUT2D eigenvalue weighted by Crippen LogP contribution is -2.56. The Labute approximate surface area is 70.9 Å². The van der Waals surface area contributed by atoms with Crippen LogP contribution in [0.4, 0.5) is 0 Å². The number of carbonyl (C=O) groups is 2. The van der Waals surface area contributed by atoms with Gasteiger partial charge in [0.15, 0.2) is 0 Å². The van der Waals surface area contributed by atoms with Gasteiger partial charge < -0.3 is 0 Å². The maximum absolute atomic E-state index is 11.3. The topological polar surface area (TPSA) is 49.4 Å². The summed E-state index contributed by atoms with van der Waals surface area (Å²) in [7, 11) is 0. The zero-order chi connectivity index (χ0) is 9.14. The third-order valence-corrected chi connectivity index (χ3v) is 1.75. The first-order valence-electron chi connectivity index (χ1n) is 3.68. The van der Waals surface area contributed by atoms with E-state index in [4.69, 9.17) is 6.42 Å². The minimum Gasteiger partial charge on any atom is -0.298 e. The van der Waals surface area contributed by atoms with Crippen molar-refractivity contribution in [1.29, 1.82) is 0 Å². The van der Waals surface area contributed by atoms with Crippen LogP contribution in [0.2, 0.25) is 0 Å². The van der Waals surface area contributed by atoms with E-state index in [0.717, 1.165) is 4.90 Å². The van der Waals surface area contributed by atoms with E-state index in [1.165, 1.54) is 0 Å². The quantitative estimate of drug-likeness (QED) is 0.400.